The summed E-state index contributed by atoms with van der Waals surface area (Å²) in [5, 5.41) is 2.85. The molecule has 3 nitrogen and oxygen atoms in total. The van der Waals surface area contributed by atoms with Crippen molar-refractivity contribution in [3.8, 4) is 5.75 Å². The van der Waals surface area contributed by atoms with Crippen LogP contribution in [0.3, 0.4) is 0 Å². The van der Waals surface area contributed by atoms with Crippen molar-refractivity contribution in [2.24, 2.45) is 0 Å². The van der Waals surface area contributed by atoms with Crippen LogP contribution in [0.15, 0.2) is 42.5 Å². The summed E-state index contributed by atoms with van der Waals surface area (Å²) in [6.07, 6.45) is 0. The predicted molar refractivity (Wildman–Crippen MR) is 95.2 cm³/mol. The molecule has 2 rings (SSSR count). The molecular formula is C20H25NO2. The minimum atomic E-state index is -0.160. The minimum Gasteiger partial charge on any atom is -0.484 e. The highest BCUT2D eigenvalue weighted by atomic mass is 16.5. The third-order valence-electron chi connectivity index (χ3n) is 3.88. The van der Waals surface area contributed by atoms with E-state index in [1.165, 1.54) is 11.1 Å². The maximum Gasteiger partial charge on any atom is 0.262 e. The topological polar surface area (TPSA) is 38.3 Å². The Kier molecular flexibility index (Phi) is 5.09. The molecule has 0 atom stereocenters. The van der Waals surface area contributed by atoms with Crippen molar-refractivity contribution in [2.75, 3.05) is 11.9 Å². The quantitative estimate of drug-likeness (QED) is 0.895. The lowest BCUT2D eigenvalue weighted by Gasteiger charge is -2.19. The van der Waals surface area contributed by atoms with Crippen LogP contribution >= 0.6 is 0 Å². The molecule has 1 N–H and O–H groups in total. The fourth-order valence-corrected chi connectivity index (χ4v) is 2.20. The second-order valence-corrected chi connectivity index (χ2v) is 6.91. The number of hydrogen-bond donors (Lipinski definition) is 1. The molecule has 3 heteroatoms. The molecular weight excluding hydrogens is 286 g/mol. The summed E-state index contributed by atoms with van der Waals surface area (Å²) < 4.78 is 5.54. The number of ether oxygens (including phenoxy) is 1. The Morgan fingerprint density at radius 1 is 1.00 bits per heavy atom. The van der Waals surface area contributed by atoms with Crippen LogP contribution in [0.25, 0.3) is 0 Å². The molecule has 0 unspecified atom stereocenters. The van der Waals surface area contributed by atoms with Gasteiger partial charge in [-0.3, -0.25) is 4.79 Å². The third kappa shape index (κ3) is 4.85. The first kappa shape index (κ1) is 17.1. The van der Waals surface area contributed by atoms with Crippen molar-refractivity contribution in [1.82, 2.24) is 0 Å². The first-order chi connectivity index (χ1) is 10.8. The van der Waals surface area contributed by atoms with Crippen molar-refractivity contribution >= 4 is 11.6 Å². The van der Waals surface area contributed by atoms with Gasteiger partial charge in [-0.1, -0.05) is 39.0 Å². The molecule has 122 valence electrons. The minimum absolute atomic E-state index is 0.00350. The molecule has 2 aromatic rings. The van der Waals surface area contributed by atoms with Crippen LogP contribution < -0.4 is 10.1 Å². The van der Waals surface area contributed by atoms with Crippen molar-refractivity contribution in [2.45, 2.75) is 40.0 Å². The zero-order valence-electron chi connectivity index (χ0n) is 14.6. The van der Waals surface area contributed by atoms with Gasteiger partial charge in [0.25, 0.3) is 5.91 Å². The summed E-state index contributed by atoms with van der Waals surface area (Å²) in [5.41, 5.74) is 4.49. The van der Waals surface area contributed by atoms with Crippen LogP contribution in [-0.4, -0.2) is 12.5 Å². The van der Waals surface area contributed by atoms with Crippen molar-refractivity contribution in [3.63, 3.8) is 0 Å². The summed E-state index contributed by atoms with van der Waals surface area (Å²) in [7, 11) is 0. The fraction of sp³-hybridized carbons (Fsp3) is 0.350. The average molecular weight is 311 g/mol. The van der Waals surface area contributed by atoms with Gasteiger partial charge in [0.05, 0.1) is 0 Å². The molecule has 0 aliphatic heterocycles. The molecule has 1 amide bonds. The lowest BCUT2D eigenvalue weighted by molar-refractivity contribution is -0.118. The number of carbonyl (C=O) groups is 1. The number of rotatable bonds is 4. The van der Waals surface area contributed by atoms with E-state index in [1.54, 1.807) is 0 Å². The van der Waals surface area contributed by atoms with Crippen LogP contribution in [0.5, 0.6) is 5.75 Å². The van der Waals surface area contributed by atoms with Crippen LogP contribution in [0.1, 0.15) is 37.5 Å². The van der Waals surface area contributed by atoms with E-state index in [2.05, 4.69) is 26.1 Å². The van der Waals surface area contributed by atoms with Crippen LogP contribution in [0, 0.1) is 13.8 Å². The molecule has 0 heterocycles. The predicted octanol–water partition coefficient (Wildman–Crippen LogP) is 4.62. The Balaban J connectivity index is 1.90. The molecule has 2 aromatic carbocycles. The number of amides is 1. The largest absolute Gasteiger partial charge is 0.484 e. The van der Waals surface area contributed by atoms with Crippen molar-refractivity contribution < 1.29 is 9.53 Å². The Labute approximate surface area is 138 Å². The summed E-state index contributed by atoms with van der Waals surface area (Å²) in [5.74, 6) is 0.554. The van der Waals surface area contributed by atoms with Crippen molar-refractivity contribution in [1.29, 1.82) is 0 Å². The second-order valence-electron chi connectivity index (χ2n) is 6.91. The van der Waals surface area contributed by atoms with E-state index < -0.39 is 0 Å². The number of hydrogen-bond acceptors (Lipinski definition) is 2. The number of benzene rings is 2. The molecule has 0 radical (unpaired) electrons. The maximum atomic E-state index is 12.0. The Hall–Kier alpha value is -2.29. The first-order valence-electron chi connectivity index (χ1n) is 7.86. The maximum absolute atomic E-state index is 12.0. The van der Waals surface area contributed by atoms with Crippen LogP contribution in [0.2, 0.25) is 0 Å². The van der Waals surface area contributed by atoms with E-state index >= 15 is 0 Å². The van der Waals surface area contributed by atoms with Gasteiger partial charge in [0.1, 0.15) is 5.75 Å². The molecule has 0 bridgehead atoms. The average Bonchev–Trinajstić information content (AvgIpc) is 2.48. The molecule has 0 aliphatic rings. The highest BCUT2D eigenvalue weighted by Crippen LogP contribution is 2.23. The molecule has 0 aromatic heterocycles. The van der Waals surface area contributed by atoms with Gasteiger partial charge in [-0.2, -0.15) is 0 Å². The van der Waals surface area contributed by atoms with E-state index in [0.717, 1.165) is 11.3 Å². The summed E-state index contributed by atoms with van der Waals surface area (Å²) in [6, 6.07) is 13.8. The molecule has 0 saturated carbocycles. The van der Waals surface area contributed by atoms with Gasteiger partial charge >= 0.3 is 0 Å². The van der Waals surface area contributed by atoms with Gasteiger partial charge in [-0.25, -0.2) is 0 Å². The van der Waals surface area contributed by atoms with E-state index in [9.17, 15) is 4.79 Å². The Morgan fingerprint density at radius 2 is 1.65 bits per heavy atom. The van der Waals surface area contributed by atoms with Crippen molar-refractivity contribution in [3.05, 3.63) is 59.2 Å². The zero-order chi connectivity index (χ0) is 17.0. The summed E-state index contributed by atoms with van der Waals surface area (Å²) in [4.78, 5) is 12.0. The SMILES string of the molecule is Cc1ccc(OCC(=O)Nc2ccc(C(C)(C)C)cc2)cc1C. The highest BCUT2D eigenvalue weighted by molar-refractivity contribution is 5.91. The van der Waals surface area contributed by atoms with E-state index in [4.69, 9.17) is 4.74 Å². The van der Waals surface area contributed by atoms with Gasteiger partial charge in [-0.05, 0) is 60.2 Å². The number of nitrogens with one attached hydrogen (secondary N) is 1. The van der Waals surface area contributed by atoms with E-state index in [1.807, 2.05) is 56.3 Å². The number of carbonyl (C=O) groups excluding carboxylic acids is 1. The standard InChI is InChI=1S/C20H25NO2/c1-14-6-11-18(12-15(14)2)23-13-19(22)21-17-9-7-16(8-10-17)20(3,4)5/h6-12H,13H2,1-5H3,(H,21,22). The molecule has 23 heavy (non-hydrogen) atoms. The van der Waals surface area contributed by atoms with Gasteiger partial charge in [0.2, 0.25) is 0 Å². The summed E-state index contributed by atoms with van der Waals surface area (Å²) in [6.45, 7) is 10.6. The van der Waals surface area contributed by atoms with E-state index in [-0.39, 0.29) is 17.9 Å². The molecule has 0 aliphatic carbocycles. The normalized spacial score (nSPS) is 11.2. The smallest absolute Gasteiger partial charge is 0.262 e. The van der Waals surface area contributed by atoms with Crippen LogP contribution in [0.4, 0.5) is 5.69 Å². The second kappa shape index (κ2) is 6.86. The monoisotopic (exact) mass is 311 g/mol. The van der Waals surface area contributed by atoms with Crippen LogP contribution in [-0.2, 0) is 10.2 Å². The van der Waals surface area contributed by atoms with E-state index in [0.29, 0.717) is 5.75 Å². The zero-order valence-corrected chi connectivity index (χ0v) is 14.6. The van der Waals surface area contributed by atoms with Gasteiger partial charge in [0, 0.05) is 5.69 Å². The Morgan fingerprint density at radius 3 is 2.22 bits per heavy atom. The summed E-state index contributed by atoms with van der Waals surface area (Å²) >= 11 is 0. The number of anilines is 1. The molecule has 0 saturated heterocycles. The lowest BCUT2D eigenvalue weighted by Crippen LogP contribution is -2.20. The highest BCUT2D eigenvalue weighted by Gasteiger charge is 2.13. The van der Waals surface area contributed by atoms with Gasteiger partial charge in [-0.15, -0.1) is 0 Å². The fourth-order valence-electron chi connectivity index (χ4n) is 2.20. The van der Waals surface area contributed by atoms with Gasteiger partial charge in [0.15, 0.2) is 6.61 Å². The molecule has 0 spiro atoms. The Bertz CT molecular complexity index is 682. The van der Waals surface area contributed by atoms with Gasteiger partial charge < -0.3 is 10.1 Å². The lowest BCUT2D eigenvalue weighted by atomic mass is 9.87. The number of aryl methyl sites for hydroxylation is 2. The molecule has 0 fully saturated rings. The third-order valence-corrected chi connectivity index (χ3v) is 3.88. The first-order valence-corrected chi connectivity index (χ1v) is 7.86.